The molecule has 0 aliphatic heterocycles. The molecule has 1 rings (SSSR count). The first-order valence-corrected chi connectivity index (χ1v) is 3.32. The summed E-state index contributed by atoms with van der Waals surface area (Å²) in [5.74, 6) is -2.18. The summed E-state index contributed by atoms with van der Waals surface area (Å²) in [7, 11) is -0.748. The van der Waals surface area contributed by atoms with Crippen LogP contribution in [0, 0.1) is 23.0 Å². The Balaban J connectivity index is 3.14. The van der Waals surface area contributed by atoms with E-state index >= 15 is 0 Å². The molecule has 0 unspecified atom stereocenters. The van der Waals surface area contributed by atoms with Crippen LogP contribution in [0.5, 0.6) is 5.75 Å². The van der Waals surface area contributed by atoms with E-state index in [-0.39, 0.29) is 0 Å². The molecule has 13 heavy (non-hydrogen) atoms. The van der Waals surface area contributed by atoms with Crippen molar-refractivity contribution in [3.63, 3.8) is 0 Å². The fourth-order valence-electron chi connectivity index (χ4n) is 0.794. The van der Waals surface area contributed by atoms with Crippen molar-refractivity contribution in [2.24, 2.45) is 0 Å². The van der Waals surface area contributed by atoms with Crippen molar-refractivity contribution in [3.8, 4) is 11.8 Å². The highest BCUT2D eigenvalue weighted by Gasteiger charge is 2.10. The maximum atomic E-state index is 12.9. The smallest absolute Gasteiger partial charge is 0.504 e. The van der Waals surface area contributed by atoms with Crippen LogP contribution in [0.2, 0.25) is 0 Å². The number of rotatable bonds is 2. The molecule has 3 nitrogen and oxygen atoms in total. The van der Waals surface area contributed by atoms with Crippen molar-refractivity contribution in [1.29, 1.82) is 5.26 Å². The molecule has 1 N–H and O–H groups in total. The van der Waals surface area contributed by atoms with E-state index in [1.807, 2.05) is 0 Å². The molecule has 0 bridgehead atoms. The molecule has 0 radical (unpaired) electrons. The molecule has 0 aliphatic carbocycles. The fraction of sp³-hybridized carbons (Fsp3) is 0. The zero-order chi connectivity index (χ0) is 9.84. The topological polar surface area (TPSA) is 53.2 Å². The summed E-state index contributed by atoms with van der Waals surface area (Å²) in [5.41, 5.74) is -0.400. The van der Waals surface area contributed by atoms with Crippen molar-refractivity contribution in [1.82, 2.24) is 0 Å². The average Bonchev–Trinajstić information content (AvgIpc) is 2.11. The molecule has 6 heteroatoms. The van der Waals surface area contributed by atoms with Crippen LogP contribution in [-0.4, -0.2) is 12.7 Å². The first kappa shape index (κ1) is 9.48. The molecule has 0 saturated carbocycles. The van der Waals surface area contributed by atoms with Crippen LogP contribution in [-0.2, 0) is 0 Å². The molecule has 0 fully saturated rings. The molecule has 0 spiro atoms. The van der Waals surface area contributed by atoms with Gasteiger partial charge in [0.15, 0.2) is 5.82 Å². The fourth-order valence-corrected chi connectivity index (χ4v) is 0.794. The summed E-state index contributed by atoms with van der Waals surface area (Å²) >= 11 is 0. The van der Waals surface area contributed by atoms with Gasteiger partial charge >= 0.3 is 7.69 Å². The predicted molar refractivity (Wildman–Crippen MR) is 41.1 cm³/mol. The largest absolute Gasteiger partial charge is 0.537 e. The van der Waals surface area contributed by atoms with Gasteiger partial charge < -0.3 is 9.68 Å². The van der Waals surface area contributed by atoms with E-state index in [0.29, 0.717) is 12.1 Å². The van der Waals surface area contributed by atoms with E-state index in [2.05, 4.69) is 4.65 Å². The summed E-state index contributed by atoms with van der Waals surface area (Å²) in [4.78, 5) is 0. The predicted octanol–water partition coefficient (Wildman–Crippen LogP) is 0.474. The minimum absolute atomic E-state index is 0.400. The highest BCUT2D eigenvalue weighted by molar-refractivity contribution is 6.17. The number of benzene rings is 1. The van der Waals surface area contributed by atoms with Crippen LogP contribution in [0.15, 0.2) is 12.1 Å². The molecule has 66 valence electrons. The Morgan fingerprint density at radius 3 is 2.62 bits per heavy atom. The maximum Gasteiger partial charge on any atom is 0.504 e. The molecule has 1 aromatic rings. The Labute approximate surface area is 73.5 Å². The van der Waals surface area contributed by atoms with E-state index in [0.717, 1.165) is 0 Å². The van der Waals surface area contributed by atoms with Gasteiger partial charge in [-0.15, -0.1) is 0 Å². The zero-order valence-corrected chi connectivity index (χ0v) is 6.42. The lowest BCUT2D eigenvalue weighted by Crippen LogP contribution is -2.02. The van der Waals surface area contributed by atoms with Crippen LogP contribution >= 0.6 is 0 Å². The van der Waals surface area contributed by atoms with Crippen molar-refractivity contribution in [3.05, 3.63) is 29.3 Å². The van der Waals surface area contributed by atoms with Gasteiger partial charge in [-0.2, -0.15) is 5.26 Å². The van der Waals surface area contributed by atoms with E-state index in [1.165, 1.54) is 6.07 Å². The second kappa shape index (κ2) is 3.87. The highest BCUT2D eigenvalue weighted by atomic mass is 19.1. The Kier molecular flexibility index (Phi) is 2.82. The van der Waals surface area contributed by atoms with Gasteiger partial charge in [0.2, 0.25) is 0 Å². The summed E-state index contributed by atoms with van der Waals surface area (Å²) in [6.45, 7) is 0. The van der Waals surface area contributed by atoms with Crippen LogP contribution < -0.4 is 4.65 Å². The van der Waals surface area contributed by atoms with Gasteiger partial charge in [0.25, 0.3) is 0 Å². The minimum atomic E-state index is -0.882. The Morgan fingerprint density at radius 1 is 1.38 bits per heavy atom. The minimum Gasteiger partial charge on any atom is -0.537 e. The van der Waals surface area contributed by atoms with Crippen molar-refractivity contribution in [2.75, 3.05) is 0 Å². The lowest BCUT2D eigenvalue weighted by atomic mass is 10.2. The molecular weight excluding hydrogens is 179 g/mol. The van der Waals surface area contributed by atoms with Gasteiger partial charge in [0.1, 0.15) is 17.6 Å². The summed E-state index contributed by atoms with van der Waals surface area (Å²) in [6.07, 6.45) is 0. The Hall–Kier alpha value is -1.61. The van der Waals surface area contributed by atoms with E-state index in [1.54, 1.807) is 0 Å². The number of nitriles is 1. The average molecular weight is 183 g/mol. The Morgan fingerprint density at radius 2 is 2.08 bits per heavy atom. The first-order valence-electron chi connectivity index (χ1n) is 3.32. The SMILES string of the molecule is N#Cc1cc(F)c(OBO)cc1F. The summed E-state index contributed by atoms with van der Waals surface area (Å²) < 4.78 is 30.0. The van der Waals surface area contributed by atoms with Crippen molar-refractivity contribution >= 4 is 7.69 Å². The quantitative estimate of drug-likeness (QED) is 0.678. The van der Waals surface area contributed by atoms with E-state index in [9.17, 15) is 8.78 Å². The van der Waals surface area contributed by atoms with Gasteiger partial charge in [0, 0.05) is 6.07 Å². The number of nitrogens with zero attached hydrogens (tertiary/aromatic N) is 1. The molecule has 0 aromatic heterocycles. The lowest BCUT2D eigenvalue weighted by molar-refractivity contribution is 0.428. The molecule has 0 amide bonds. The molecule has 0 heterocycles. The normalized spacial score (nSPS) is 9.08. The van der Waals surface area contributed by atoms with Crippen LogP contribution in [0.4, 0.5) is 8.78 Å². The zero-order valence-electron chi connectivity index (χ0n) is 6.42. The van der Waals surface area contributed by atoms with Gasteiger partial charge in [-0.25, -0.2) is 8.78 Å². The van der Waals surface area contributed by atoms with Crippen molar-refractivity contribution < 1.29 is 18.5 Å². The van der Waals surface area contributed by atoms with Crippen LogP contribution in [0.3, 0.4) is 0 Å². The molecule has 0 atom stereocenters. The standard InChI is InChI=1S/C7H4BF2NO2/c9-5-2-7(13-8-12)6(10)1-4(5)3-11/h1-2,8,12H. The van der Waals surface area contributed by atoms with Crippen molar-refractivity contribution in [2.45, 2.75) is 0 Å². The monoisotopic (exact) mass is 183 g/mol. The number of hydrogen-bond donors (Lipinski definition) is 1. The second-order valence-electron chi connectivity index (χ2n) is 2.15. The third-order valence-corrected chi connectivity index (χ3v) is 1.36. The van der Waals surface area contributed by atoms with Crippen LogP contribution in [0.1, 0.15) is 5.56 Å². The molecule has 1 aromatic carbocycles. The molecule has 0 saturated heterocycles. The van der Waals surface area contributed by atoms with E-state index in [4.69, 9.17) is 10.3 Å². The second-order valence-corrected chi connectivity index (χ2v) is 2.15. The number of halogens is 2. The summed E-state index contributed by atoms with van der Waals surface area (Å²) in [6, 6.07) is 2.89. The molecular formula is C7H4BF2NO2. The molecule has 0 aliphatic rings. The van der Waals surface area contributed by atoms with Gasteiger partial charge in [-0.05, 0) is 6.07 Å². The van der Waals surface area contributed by atoms with Gasteiger partial charge in [-0.1, -0.05) is 0 Å². The van der Waals surface area contributed by atoms with E-state index < -0.39 is 30.6 Å². The lowest BCUT2D eigenvalue weighted by Gasteiger charge is -2.03. The maximum absolute atomic E-state index is 12.9. The first-order chi connectivity index (χ1) is 6.19. The third-order valence-electron chi connectivity index (χ3n) is 1.36. The van der Waals surface area contributed by atoms with Crippen LogP contribution in [0.25, 0.3) is 0 Å². The third kappa shape index (κ3) is 1.95. The van der Waals surface area contributed by atoms with Gasteiger partial charge in [-0.3, -0.25) is 0 Å². The van der Waals surface area contributed by atoms with Gasteiger partial charge in [0.05, 0.1) is 5.56 Å². The number of hydrogen-bond acceptors (Lipinski definition) is 3. The Bertz CT molecular complexity index is 364. The highest BCUT2D eigenvalue weighted by Crippen LogP contribution is 2.20. The summed E-state index contributed by atoms with van der Waals surface area (Å²) in [5, 5.41) is 16.6.